The predicted molar refractivity (Wildman–Crippen MR) is 71.7 cm³/mol. The van der Waals surface area contributed by atoms with Crippen LogP contribution in [0.4, 0.5) is 4.39 Å². The van der Waals surface area contributed by atoms with Gasteiger partial charge in [-0.1, -0.05) is 17.7 Å². The monoisotopic (exact) mass is 285 g/mol. The zero-order valence-corrected chi connectivity index (χ0v) is 11.6. The van der Waals surface area contributed by atoms with E-state index in [1.54, 1.807) is 12.1 Å². The molecule has 0 bridgehead atoms. The summed E-state index contributed by atoms with van der Waals surface area (Å²) < 4.78 is 19.4. The number of hydrogen-bond acceptors (Lipinski definition) is 3. The Morgan fingerprint density at radius 1 is 1.47 bits per heavy atom. The summed E-state index contributed by atoms with van der Waals surface area (Å²) in [6.07, 6.45) is 1.25. The van der Waals surface area contributed by atoms with Gasteiger partial charge in [0.1, 0.15) is 11.4 Å². The minimum atomic E-state index is -0.780. The van der Waals surface area contributed by atoms with Crippen molar-refractivity contribution in [2.24, 2.45) is 0 Å². The first-order valence-corrected chi connectivity index (χ1v) is 6.71. The van der Waals surface area contributed by atoms with E-state index in [4.69, 9.17) is 16.3 Å². The van der Waals surface area contributed by atoms with Gasteiger partial charge in [0.05, 0.1) is 6.61 Å². The van der Waals surface area contributed by atoms with E-state index in [9.17, 15) is 9.18 Å². The van der Waals surface area contributed by atoms with Gasteiger partial charge in [-0.15, -0.1) is 0 Å². The summed E-state index contributed by atoms with van der Waals surface area (Å²) in [4.78, 5) is 11.8. The molecule has 1 N–H and O–H groups in total. The van der Waals surface area contributed by atoms with Crippen LogP contribution >= 0.6 is 11.6 Å². The maximum absolute atomic E-state index is 13.7. The van der Waals surface area contributed by atoms with Crippen LogP contribution in [0.2, 0.25) is 5.02 Å². The third kappa shape index (κ3) is 3.32. The first kappa shape index (κ1) is 14.4. The van der Waals surface area contributed by atoms with E-state index in [-0.39, 0.29) is 12.4 Å². The van der Waals surface area contributed by atoms with E-state index in [2.05, 4.69) is 5.32 Å². The molecular weight excluding hydrogens is 269 g/mol. The molecule has 0 spiro atoms. The largest absolute Gasteiger partial charge is 0.362 e. The summed E-state index contributed by atoms with van der Waals surface area (Å²) in [5.74, 6) is -0.400. The van der Waals surface area contributed by atoms with Crippen LogP contribution in [0.3, 0.4) is 0 Å². The van der Waals surface area contributed by atoms with Gasteiger partial charge in [-0.2, -0.15) is 0 Å². The number of benzene rings is 1. The van der Waals surface area contributed by atoms with Crippen molar-refractivity contribution >= 4 is 17.4 Å². The molecule has 1 aliphatic heterocycles. The molecule has 0 atom stereocenters. The third-order valence-electron chi connectivity index (χ3n) is 3.57. The van der Waals surface area contributed by atoms with Crippen molar-refractivity contribution in [3.05, 3.63) is 34.6 Å². The molecule has 2 rings (SSSR count). The fraction of sp³-hybridized carbons (Fsp3) is 0.500. The molecule has 1 aromatic rings. The lowest BCUT2D eigenvalue weighted by Gasteiger charge is -2.35. The van der Waals surface area contributed by atoms with Crippen LogP contribution in [0.25, 0.3) is 0 Å². The average Bonchev–Trinajstić information content (AvgIpc) is 2.38. The van der Waals surface area contributed by atoms with Gasteiger partial charge in [-0.05, 0) is 45.0 Å². The van der Waals surface area contributed by atoms with Crippen molar-refractivity contribution in [1.29, 1.82) is 0 Å². The summed E-state index contributed by atoms with van der Waals surface area (Å²) in [5.41, 5.74) is -0.360. The van der Waals surface area contributed by atoms with E-state index in [0.717, 1.165) is 13.1 Å². The molecule has 0 amide bonds. The van der Waals surface area contributed by atoms with E-state index in [1.165, 1.54) is 13.0 Å². The Balaban J connectivity index is 2.08. The molecular formula is C14H17ClFNO2. The SMILES string of the molecule is CC(=O)C1(OCc2ccc(Cl)cc2F)CCNCC1. The van der Waals surface area contributed by atoms with Crippen LogP contribution in [-0.4, -0.2) is 24.5 Å². The fourth-order valence-corrected chi connectivity index (χ4v) is 2.44. The van der Waals surface area contributed by atoms with Crippen LogP contribution in [0.15, 0.2) is 18.2 Å². The van der Waals surface area contributed by atoms with Gasteiger partial charge in [0.15, 0.2) is 5.78 Å². The average molecular weight is 286 g/mol. The molecule has 3 nitrogen and oxygen atoms in total. The second-order valence-corrected chi connectivity index (χ2v) is 5.26. The molecule has 5 heteroatoms. The zero-order chi connectivity index (χ0) is 13.9. The number of halogens is 2. The van der Waals surface area contributed by atoms with Gasteiger partial charge < -0.3 is 10.1 Å². The summed E-state index contributed by atoms with van der Waals surface area (Å²) in [5, 5.41) is 3.54. The van der Waals surface area contributed by atoms with Crippen molar-refractivity contribution in [3.8, 4) is 0 Å². The smallest absolute Gasteiger partial charge is 0.161 e. The quantitative estimate of drug-likeness (QED) is 0.924. The van der Waals surface area contributed by atoms with Crippen molar-refractivity contribution in [2.75, 3.05) is 13.1 Å². The highest BCUT2D eigenvalue weighted by atomic mass is 35.5. The molecule has 104 valence electrons. The van der Waals surface area contributed by atoms with Gasteiger partial charge in [0.2, 0.25) is 0 Å². The standard InChI is InChI=1S/C14H17ClFNO2/c1-10(18)14(4-6-17-7-5-14)19-9-11-2-3-12(15)8-13(11)16/h2-3,8,17H,4-7,9H2,1H3. The van der Waals surface area contributed by atoms with Crippen molar-refractivity contribution in [1.82, 2.24) is 5.32 Å². The lowest BCUT2D eigenvalue weighted by atomic mass is 9.88. The second-order valence-electron chi connectivity index (χ2n) is 4.82. The molecule has 1 heterocycles. The highest BCUT2D eigenvalue weighted by molar-refractivity contribution is 6.30. The molecule has 0 aliphatic carbocycles. The maximum atomic E-state index is 13.7. The number of nitrogens with one attached hydrogen (secondary N) is 1. The number of carbonyl (C=O) groups excluding carboxylic acids is 1. The molecule has 0 radical (unpaired) electrons. The van der Waals surface area contributed by atoms with Crippen LogP contribution in [0.1, 0.15) is 25.3 Å². The molecule has 0 aromatic heterocycles. The normalized spacial score (nSPS) is 18.3. The van der Waals surface area contributed by atoms with E-state index < -0.39 is 11.4 Å². The van der Waals surface area contributed by atoms with E-state index in [1.807, 2.05) is 0 Å². The molecule has 1 aliphatic rings. The molecule has 1 aromatic carbocycles. The summed E-state index contributed by atoms with van der Waals surface area (Å²) in [6, 6.07) is 4.46. The molecule has 1 saturated heterocycles. The zero-order valence-electron chi connectivity index (χ0n) is 10.8. The van der Waals surface area contributed by atoms with Gasteiger partial charge in [-0.25, -0.2) is 4.39 Å². The van der Waals surface area contributed by atoms with Crippen molar-refractivity contribution in [2.45, 2.75) is 32.0 Å². The Hall–Kier alpha value is -0.970. The minimum Gasteiger partial charge on any atom is -0.362 e. The maximum Gasteiger partial charge on any atom is 0.161 e. The Morgan fingerprint density at radius 2 is 2.16 bits per heavy atom. The molecule has 0 unspecified atom stereocenters. The number of ketones is 1. The fourth-order valence-electron chi connectivity index (χ4n) is 2.28. The number of rotatable bonds is 4. The van der Waals surface area contributed by atoms with Crippen LogP contribution in [0, 0.1) is 5.82 Å². The van der Waals surface area contributed by atoms with Crippen LogP contribution in [-0.2, 0) is 16.1 Å². The van der Waals surface area contributed by atoms with Gasteiger partial charge in [-0.3, -0.25) is 4.79 Å². The molecule has 1 fully saturated rings. The number of piperidine rings is 1. The van der Waals surface area contributed by atoms with E-state index >= 15 is 0 Å². The molecule has 19 heavy (non-hydrogen) atoms. The van der Waals surface area contributed by atoms with Crippen molar-refractivity contribution < 1.29 is 13.9 Å². The third-order valence-corrected chi connectivity index (χ3v) is 3.81. The molecule has 0 saturated carbocycles. The highest BCUT2D eigenvalue weighted by Gasteiger charge is 2.37. The Kier molecular flexibility index (Phi) is 4.55. The topological polar surface area (TPSA) is 38.3 Å². The summed E-state index contributed by atoms with van der Waals surface area (Å²) >= 11 is 5.70. The lowest BCUT2D eigenvalue weighted by Crippen LogP contribution is -2.48. The number of ether oxygens (including phenoxy) is 1. The van der Waals surface area contributed by atoms with Gasteiger partial charge >= 0.3 is 0 Å². The second kappa shape index (κ2) is 5.99. The predicted octanol–water partition coefficient (Wildman–Crippen LogP) is 2.71. The summed E-state index contributed by atoms with van der Waals surface area (Å²) in [7, 11) is 0. The number of hydrogen-bond donors (Lipinski definition) is 1. The number of Topliss-reactive ketones (excluding diaryl/α,β-unsaturated/α-hetero) is 1. The first-order valence-electron chi connectivity index (χ1n) is 6.33. The Bertz CT molecular complexity index is 473. The van der Waals surface area contributed by atoms with Gasteiger partial charge in [0, 0.05) is 10.6 Å². The van der Waals surface area contributed by atoms with Crippen molar-refractivity contribution in [3.63, 3.8) is 0 Å². The highest BCUT2D eigenvalue weighted by Crippen LogP contribution is 2.26. The van der Waals surface area contributed by atoms with Gasteiger partial charge in [0.25, 0.3) is 0 Å². The number of carbonyl (C=O) groups is 1. The first-order chi connectivity index (χ1) is 9.03. The van der Waals surface area contributed by atoms with Crippen LogP contribution < -0.4 is 5.32 Å². The Labute approximate surface area is 117 Å². The minimum absolute atomic E-state index is 0.00312. The summed E-state index contributed by atoms with van der Waals surface area (Å²) in [6.45, 7) is 3.09. The van der Waals surface area contributed by atoms with E-state index in [0.29, 0.717) is 23.4 Å². The van der Waals surface area contributed by atoms with Crippen LogP contribution in [0.5, 0.6) is 0 Å². The Morgan fingerprint density at radius 3 is 2.74 bits per heavy atom. The lowest BCUT2D eigenvalue weighted by molar-refractivity contribution is -0.148.